The number of Topliss-reactive ketones (excluding diaryl/α,β-unsaturated/α-hetero) is 1. The second-order valence-corrected chi connectivity index (χ2v) is 4.48. The maximum absolute atomic E-state index is 11.4. The minimum Gasteiger partial charge on any atom is -0.478 e. The number of hydrogen-bond acceptors (Lipinski definition) is 2. The molecule has 3 heteroatoms. The Bertz CT molecular complexity index is 526. The second-order valence-electron chi connectivity index (χ2n) is 4.48. The number of carbonyl (C=O) groups excluding carboxylic acids is 1. The number of fused-ring (bicyclic) bond motifs is 1. The van der Waals surface area contributed by atoms with Crippen molar-refractivity contribution in [2.75, 3.05) is 0 Å². The van der Waals surface area contributed by atoms with Crippen LogP contribution in [0.5, 0.6) is 0 Å². The van der Waals surface area contributed by atoms with Gasteiger partial charge in [-0.2, -0.15) is 0 Å². The summed E-state index contributed by atoms with van der Waals surface area (Å²) in [6.45, 7) is 3.58. The first-order valence-corrected chi connectivity index (χ1v) is 5.58. The highest BCUT2D eigenvalue weighted by Crippen LogP contribution is 2.34. The fourth-order valence-corrected chi connectivity index (χ4v) is 2.20. The van der Waals surface area contributed by atoms with Crippen molar-refractivity contribution in [3.63, 3.8) is 0 Å². The van der Waals surface area contributed by atoms with Crippen LogP contribution in [0.2, 0.25) is 0 Å². The van der Waals surface area contributed by atoms with Gasteiger partial charge in [0.05, 0.1) is 5.56 Å². The standard InChI is InChI=1S/C14H14O3/c1-8-5-12(9(2)15)6-10-3-4-11(14(16)17)7-13(8)10/h3-4,6-8H,5H2,1-2H3,(H,16,17). The molecule has 1 atom stereocenters. The summed E-state index contributed by atoms with van der Waals surface area (Å²) in [4.78, 5) is 22.3. The van der Waals surface area contributed by atoms with Crippen LogP contribution in [0.4, 0.5) is 0 Å². The van der Waals surface area contributed by atoms with Gasteiger partial charge in [-0.25, -0.2) is 4.79 Å². The molecule has 1 aliphatic rings. The Kier molecular flexibility index (Phi) is 2.84. The summed E-state index contributed by atoms with van der Waals surface area (Å²) in [5, 5.41) is 8.94. The summed E-state index contributed by atoms with van der Waals surface area (Å²) >= 11 is 0. The van der Waals surface area contributed by atoms with Crippen LogP contribution in [0.25, 0.3) is 6.08 Å². The summed E-state index contributed by atoms with van der Waals surface area (Å²) in [5.41, 5.74) is 3.08. The third-order valence-electron chi connectivity index (χ3n) is 3.17. The first-order valence-electron chi connectivity index (χ1n) is 5.58. The highest BCUT2D eigenvalue weighted by Gasteiger charge is 2.20. The van der Waals surface area contributed by atoms with Gasteiger partial charge in [-0.05, 0) is 54.2 Å². The van der Waals surface area contributed by atoms with E-state index in [1.165, 1.54) is 0 Å². The first-order chi connectivity index (χ1) is 7.99. The van der Waals surface area contributed by atoms with Crippen molar-refractivity contribution >= 4 is 17.8 Å². The number of benzene rings is 1. The average Bonchev–Trinajstić information content (AvgIpc) is 2.28. The maximum Gasteiger partial charge on any atom is 0.335 e. The fraction of sp³-hybridized carbons (Fsp3) is 0.286. The fourth-order valence-electron chi connectivity index (χ4n) is 2.20. The normalized spacial score (nSPS) is 18.2. The van der Waals surface area contributed by atoms with Crippen molar-refractivity contribution in [1.82, 2.24) is 0 Å². The van der Waals surface area contributed by atoms with E-state index in [2.05, 4.69) is 0 Å². The minimum absolute atomic E-state index is 0.0878. The van der Waals surface area contributed by atoms with Crippen LogP contribution < -0.4 is 0 Å². The van der Waals surface area contributed by atoms with Crippen LogP contribution in [0.15, 0.2) is 23.8 Å². The van der Waals surface area contributed by atoms with E-state index < -0.39 is 5.97 Å². The zero-order valence-corrected chi connectivity index (χ0v) is 9.86. The molecule has 1 aromatic rings. The van der Waals surface area contributed by atoms with Gasteiger partial charge < -0.3 is 5.11 Å². The summed E-state index contributed by atoms with van der Waals surface area (Å²) in [7, 11) is 0. The molecule has 0 aliphatic heterocycles. The molecule has 1 aliphatic carbocycles. The molecule has 0 radical (unpaired) electrons. The first kappa shape index (κ1) is 11.6. The van der Waals surface area contributed by atoms with Crippen LogP contribution in [-0.2, 0) is 4.79 Å². The molecule has 0 saturated carbocycles. The largest absolute Gasteiger partial charge is 0.478 e. The number of rotatable bonds is 2. The van der Waals surface area contributed by atoms with Crippen LogP contribution in [0, 0.1) is 0 Å². The zero-order valence-electron chi connectivity index (χ0n) is 9.86. The lowest BCUT2D eigenvalue weighted by Gasteiger charge is -2.21. The molecule has 0 bridgehead atoms. The molecule has 88 valence electrons. The van der Waals surface area contributed by atoms with Crippen molar-refractivity contribution < 1.29 is 14.7 Å². The van der Waals surface area contributed by atoms with Gasteiger partial charge in [-0.3, -0.25) is 4.79 Å². The van der Waals surface area contributed by atoms with Crippen molar-refractivity contribution in [1.29, 1.82) is 0 Å². The smallest absolute Gasteiger partial charge is 0.335 e. The average molecular weight is 230 g/mol. The molecular formula is C14H14O3. The quantitative estimate of drug-likeness (QED) is 0.849. The van der Waals surface area contributed by atoms with E-state index in [-0.39, 0.29) is 11.7 Å². The van der Waals surface area contributed by atoms with Crippen LogP contribution in [0.1, 0.15) is 47.7 Å². The van der Waals surface area contributed by atoms with E-state index in [9.17, 15) is 9.59 Å². The lowest BCUT2D eigenvalue weighted by Crippen LogP contribution is -2.10. The molecule has 3 nitrogen and oxygen atoms in total. The van der Waals surface area contributed by atoms with E-state index in [1.807, 2.05) is 13.0 Å². The van der Waals surface area contributed by atoms with Gasteiger partial charge in [0.2, 0.25) is 0 Å². The summed E-state index contributed by atoms with van der Waals surface area (Å²) in [5.74, 6) is -0.639. The van der Waals surface area contributed by atoms with Gasteiger partial charge in [0, 0.05) is 0 Å². The van der Waals surface area contributed by atoms with Crippen molar-refractivity contribution in [3.05, 3.63) is 40.5 Å². The highest BCUT2D eigenvalue weighted by atomic mass is 16.4. The number of carboxylic acid groups (broad SMARTS) is 1. The Balaban J connectivity index is 2.51. The number of carboxylic acids is 1. The summed E-state index contributed by atoms with van der Waals surface area (Å²) in [6.07, 6.45) is 2.55. The molecule has 1 aromatic carbocycles. The molecule has 17 heavy (non-hydrogen) atoms. The highest BCUT2D eigenvalue weighted by molar-refractivity contribution is 5.99. The van der Waals surface area contributed by atoms with Gasteiger partial charge in [-0.1, -0.05) is 13.0 Å². The zero-order chi connectivity index (χ0) is 12.6. The lowest BCUT2D eigenvalue weighted by atomic mass is 9.82. The Labute approximate surface area is 99.8 Å². The van der Waals surface area contributed by atoms with Crippen LogP contribution in [0.3, 0.4) is 0 Å². The van der Waals surface area contributed by atoms with E-state index in [0.717, 1.165) is 16.7 Å². The molecule has 0 fully saturated rings. The Morgan fingerprint density at radius 3 is 2.65 bits per heavy atom. The van der Waals surface area contributed by atoms with Gasteiger partial charge in [-0.15, -0.1) is 0 Å². The Morgan fingerprint density at radius 1 is 1.35 bits per heavy atom. The maximum atomic E-state index is 11.4. The molecule has 0 heterocycles. The predicted octanol–water partition coefficient (Wildman–Crippen LogP) is 2.86. The van der Waals surface area contributed by atoms with E-state index in [1.54, 1.807) is 25.1 Å². The number of allylic oxidation sites excluding steroid dienone is 1. The minimum atomic E-state index is -0.915. The van der Waals surface area contributed by atoms with Gasteiger partial charge in [0.1, 0.15) is 0 Å². The summed E-state index contributed by atoms with van der Waals surface area (Å²) in [6, 6.07) is 5.06. The van der Waals surface area contributed by atoms with E-state index in [0.29, 0.717) is 12.0 Å². The Morgan fingerprint density at radius 2 is 2.06 bits per heavy atom. The number of carbonyl (C=O) groups is 2. The van der Waals surface area contributed by atoms with Gasteiger partial charge >= 0.3 is 5.97 Å². The molecule has 0 aromatic heterocycles. The number of ketones is 1. The Hall–Kier alpha value is -1.90. The van der Waals surface area contributed by atoms with Crippen molar-refractivity contribution in [2.24, 2.45) is 0 Å². The molecule has 1 unspecified atom stereocenters. The second kappa shape index (κ2) is 4.17. The molecule has 2 rings (SSSR count). The molecule has 0 spiro atoms. The third-order valence-corrected chi connectivity index (χ3v) is 3.17. The number of aromatic carboxylic acids is 1. The van der Waals surface area contributed by atoms with E-state index >= 15 is 0 Å². The van der Waals surface area contributed by atoms with Gasteiger partial charge in [0.25, 0.3) is 0 Å². The van der Waals surface area contributed by atoms with Crippen LogP contribution in [-0.4, -0.2) is 16.9 Å². The molecule has 1 N–H and O–H groups in total. The van der Waals surface area contributed by atoms with Crippen LogP contribution >= 0.6 is 0 Å². The van der Waals surface area contributed by atoms with Crippen molar-refractivity contribution in [3.8, 4) is 0 Å². The topological polar surface area (TPSA) is 54.4 Å². The predicted molar refractivity (Wildman–Crippen MR) is 65.1 cm³/mol. The summed E-state index contributed by atoms with van der Waals surface area (Å²) < 4.78 is 0. The van der Waals surface area contributed by atoms with E-state index in [4.69, 9.17) is 5.11 Å². The molecule has 0 saturated heterocycles. The lowest BCUT2D eigenvalue weighted by molar-refractivity contribution is -0.113. The monoisotopic (exact) mass is 230 g/mol. The van der Waals surface area contributed by atoms with Crippen molar-refractivity contribution in [2.45, 2.75) is 26.2 Å². The molecular weight excluding hydrogens is 216 g/mol. The number of hydrogen-bond donors (Lipinski definition) is 1. The molecule has 0 amide bonds. The third kappa shape index (κ3) is 2.13. The van der Waals surface area contributed by atoms with Gasteiger partial charge in [0.15, 0.2) is 5.78 Å². The SMILES string of the molecule is CC(=O)C1=Cc2ccc(C(=O)O)cc2C(C)C1.